The highest BCUT2D eigenvalue weighted by atomic mass is 35.5. The molecule has 2 N–H and O–H groups in total. The van der Waals surface area contributed by atoms with E-state index in [1.807, 2.05) is 11.8 Å². The number of piperazine rings is 1. The molecule has 2 aromatic rings. The Bertz CT molecular complexity index is 1170. The molecular formula is C22H24ClF6N5O3. The molecule has 1 aliphatic rings. The second-order valence-electron chi connectivity index (χ2n) is 8.54. The molecule has 1 amide bonds. The molecule has 0 saturated carbocycles. The van der Waals surface area contributed by atoms with Gasteiger partial charge in [-0.15, -0.1) is 0 Å². The molecule has 3 rings (SSSR count). The number of aromatic nitrogens is 2. The summed E-state index contributed by atoms with van der Waals surface area (Å²) in [6.45, 7) is 4.89. The van der Waals surface area contributed by atoms with Gasteiger partial charge in [-0.3, -0.25) is 9.48 Å². The number of hydrogen-bond donors (Lipinski definition) is 2. The van der Waals surface area contributed by atoms with Gasteiger partial charge in [0, 0.05) is 31.4 Å². The van der Waals surface area contributed by atoms with E-state index < -0.39 is 53.1 Å². The van der Waals surface area contributed by atoms with E-state index in [1.165, 1.54) is 12.1 Å². The van der Waals surface area contributed by atoms with Crippen LogP contribution in [0.5, 0.6) is 0 Å². The van der Waals surface area contributed by atoms with Crippen LogP contribution in [0.3, 0.4) is 0 Å². The lowest BCUT2D eigenvalue weighted by atomic mass is 10.1. The number of alkyl halides is 6. The molecule has 0 radical (unpaired) electrons. The maximum Gasteiger partial charge on any atom is 0.436 e. The zero-order valence-electron chi connectivity index (χ0n) is 19.9. The van der Waals surface area contributed by atoms with Crippen LogP contribution in [0.25, 0.3) is 0 Å². The van der Waals surface area contributed by atoms with E-state index in [0.717, 1.165) is 14.0 Å². The van der Waals surface area contributed by atoms with Crippen molar-refractivity contribution in [1.82, 2.24) is 15.1 Å². The summed E-state index contributed by atoms with van der Waals surface area (Å²) in [6.07, 6.45) is -11.8. The highest BCUT2D eigenvalue weighted by Gasteiger charge is 2.43. The lowest BCUT2D eigenvalue weighted by Crippen LogP contribution is -2.49. The molecule has 2 atom stereocenters. The second-order valence-corrected chi connectivity index (χ2v) is 8.92. The number of ether oxygens (including phenoxy) is 1. The van der Waals surface area contributed by atoms with Crippen molar-refractivity contribution in [3.05, 3.63) is 40.2 Å². The summed E-state index contributed by atoms with van der Waals surface area (Å²) < 4.78 is 84.9. The fourth-order valence-electron chi connectivity index (χ4n) is 3.99. The standard InChI is InChI=1S/C22H24ClF6N5O3/c1-11-10-33(7-6-30-11)13-4-5-15(14(8-13)20(36)37-3)31-19(35)16(9-21(24,25)26)34-12(2)17(23)18(32-34)22(27,28)29/h4-5,8,11,16,30H,6-7,9-10H2,1-3H3,(H,31,35)/t11-,16-/m0/s1. The van der Waals surface area contributed by atoms with Gasteiger partial charge in [-0.05, 0) is 32.0 Å². The first-order valence-corrected chi connectivity index (χ1v) is 11.4. The molecule has 15 heteroatoms. The molecule has 1 aromatic heterocycles. The highest BCUT2D eigenvalue weighted by Crippen LogP contribution is 2.38. The van der Waals surface area contributed by atoms with Crippen LogP contribution in [0.1, 0.15) is 41.1 Å². The number of halogens is 7. The van der Waals surface area contributed by atoms with E-state index >= 15 is 0 Å². The molecule has 1 aromatic carbocycles. The largest absolute Gasteiger partial charge is 0.465 e. The lowest BCUT2D eigenvalue weighted by Gasteiger charge is -2.34. The minimum Gasteiger partial charge on any atom is -0.465 e. The van der Waals surface area contributed by atoms with Crippen molar-refractivity contribution in [2.75, 3.05) is 37.0 Å². The number of carbonyl (C=O) groups is 2. The molecular weight excluding hydrogens is 532 g/mol. The third-order valence-corrected chi connectivity index (χ3v) is 6.22. The van der Waals surface area contributed by atoms with Crippen molar-refractivity contribution in [1.29, 1.82) is 0 Å². The minimum atomic E-state index is -5.05. The number of rotatable bonds is 6. The van der Waals surface area contributed by atoms with Crippen molar-refractivity contribution >= 4 is 34.9 Å². The monoisotopic (exact) mass is 555 g/mol. The van der Waals surface area contributed by atoms with Crippen LogP contribution in [0.4, 0.5) is 37.7 Å². The van der Waals surface area contributed by atoms with Gasteiger partial charge in [0.15, 0.2) is 5.69 Å². The van der Waals surface area contributed by atoms with Gasteiger partial charge in [-0.1, -0.05) is 11.6 Å². The molecule has 0 unspecified atom stereocenters. The van der Waals surface area contributed by atoms with Crippen LogP contribution in [0, 0.1) is 6.92 Å². The van der Waals surface area contributed by atoms with E-state index in [0.29, 0.717) is 30.0 Å². The number of esters is 1. The van der Waals surface area contributed by atoms with Gasteiger partial charge >= 0.3 is 18.3 Å². The Hall–Kier alpha value is -3.00. The maximum atomic E-state index is 13.4. The molecule has 1 saturated heterocycles. The first-order chi connectivity index (χ1) is 17.1. The average molecular weight is 556 g/mol. The zero-order chi connectivity index (χ0) is 27.7. The normalized spacial score (nSPS) is 17.5. The van der Waals surface area contributed by atoms with Gasteiger partial charge in [-0.2, -0.15) is 31.4 Å². The first-order valence-electron chi connectivity index (χ1n) is 11.0. The van der Waals surface area contributed by atoms with Gasteiger partial charge in [-0.25, -0.2) is 4.79 Å². The molecule has 204 valence electrons. The summed E-state index contributed by atoms with van der Waals surface area (Å²) in [5, 5.41) is 7.75. The fourth-order valence-corrected chi connectivity index (χ4v) is 4.22. The van der Waals surface area contributed by atoms with Crippen molar-refractivity contribution in [3.63, 3.8) is 0 Å². The van der Waals surface area contributed by atoms with E-state index in [4.69, 9.17) is 16.3 Å². The topological polar surface area (TPSA) is 88.5 Å². The predicted molar refractivity (Wildman–Crippen MR) is 123 cm³/mol. The Balaban J connectivity index is 1.99. The number of carbonyl (C=O) groups excluding carboxylic acids is 2. The Kier molecular flexibility index (Phi) is 8.32. The summed E-state index contributed by atoms with van der Waals surface area (Å²) >= 11 is 5.68. The minimum absolute atomic E-state index is 0.142. The number of hydrogen-bond acceptors (Lipinski definition) is 6. The Morgan fingerprint density at radius 1 is 1.27 bits per heavy atom. The molecule has 1 fully saturated rings. The van der Waals surface area contributed by atoms with Crippen LogP contribution in [-0.2, 0) is 15.7 Å². The Labute approximate surface area is 212 Å². The second kappa shape index (κ2) is 10.8. The van der Waals surface area contributed by atoms with Crippen molar-refractivity contribution in [3.8, 4) is 0 Å². The summed E-state index contributed by atoms with van der Waals surface area (Å²) in [7, 11) is 1.09. The maximum absolute atomic E-state index is 13.4. The number of amides is 1. The lowest BCUT2D eigenvalue weighted by molar-refractivity contribution is -0.152. The summed E-state index contributed by atoms with van der Waals surface area (Å²) in [5.41, 5.74) is -1.80. The van der Waals surface area contributed by atoms with Gasteiger partial charge in [0.05, 0.1) is 35.5 Å². The van der Waals surface area contributed by atoms with E-state index in [9.17, 15) is 35.9 Å². The van der Waals surface area contributed by atoms with Gasteiger partial charge < -0.3 is 20.3 Å². The van der Waals surface area contributed by atoms with Crippen molar-refractivity contribution in [2.45, 2.75) is 44.7 Å². The van der Waals surface area contributed by atoms with Crippen LogP contribution in [-0.4, -0.2) is 60.6 Å². The van der Waals surface area contributed by atoms with Gasteiger partial charge in [0.1, 0.15) is 6.04 Å². The molecule has 0 aliphatic carbocycles. The molecule has 8 nitrogen and oxygen atoms in total. The van der Waals surface area contributed by atoms with Gasteiger partial charge in [0.25, 0.3) is 0 Å². The molecule has 37 heavy (non-hydrogen) atoms. The summed E-state index contributed by atoms with van der Waals surface area (Å²) in [5.74, 6) is -2.22. The molecule has 0 spiro atoms. The van der Waals surface area contributed by atoms with E-state index in [-0.39, 0.29) is 17.3 Å². The SMILES string of the molecule is COC(=O)c1cc(N2CCN[C@@H](C)C2)ccc1NC(=O)[C@H](CC(F)(F)F)n1nc(C(F)(F)F)c(Cl)c1C. The van der Waals surface area contributed by atoms with E-state index in [1.54, 1.807) is 6.07 Å². The molecule has 1 aliphatic heterocycles. The van der Waals surface area contributed by atoms with E-state index in [2.05, 4.69) is 15.7 Å². The van der Waals surface area contributed by atoms with Crippen molar-refractivity contribution < 1.29 is 40.7 Å². The quantitative estimate of drug-likeness (QED) is 0.401. The average Bonchev–Trinajstić information content (AvgIpc) is 3.11. The Morgan fingerprint density at radius 2 is 1.95 bits per heavy atom. The smallest absolute Gasteiger partial charge is 0.436 e. The fraction of sp³-hybridized carbons (Fsp3) is 0.500. The van der Waals surface area contributed by atoms with Crippen LogP contribution < -0.4 is 15.5 Å². The number of anilines is 2. The third-order valence-electron chi connectivity index (χ3n) is 5.77. The summed E-state index contributed by atoms with van der Waals surface area (Å²) in [4.78, 5) is 27.5. The van der Waals surface area contributed by atoms with Gasteiger partial charge in [0.2, 0.25) is 5.91 Å². The predicted octanol–water partition coefficient (Wildman–Crippen LogP) is 4.58. The number of nitrogens with zero attached hydrogens (tertiary/aromatic N) is 3. The van der Waals surface area contributed by atoms with Crippen LogP contribution >= 0.6 is 11.6 Å². The van der Waals surface area contributed by atoms with Crippen molar-refractivity contribution in [2.24, 2.45) is 0 Å². The number of methoxy groups -OCH3 is 1. The Morgan fingerprint density at radius 3 is 2.49 bits per heavy atom. The molecule has 2 heterocycles. The van der Waals surface area contributed by atoms with Crippen LogP contribution in [0.2, 0.25) is 5.02 Å². The highest BCUT2D eigenvalue weighted by molar-refractivity contribution is 6.32. The summed E-state index contributed by atoms with van der Waals surface area (Å²) in [6, 6.07) is 2.23. The third kappa shape index (κ3) is 6.66. The zero-order valence-corrected chi connectivity index (χ0v) is 20.7. The number of nitrogens with one attached hydrogen (secondary N) is 2. The van der Waals surface area contributed by atoms with Crippen LogP contribution in [0.15, 0.2) is 18.2 Å². The number of benzene rings is 1. The first kappa shape index (κ1) is 28.6. The molecule has 0 bridgehead atoms.